The smallest absolute Gasteiger partial charge is 0.241 e. The molecule has 0 aliphatic carbocycles. The number of benzene rings is 1. The van der Waals surface area contributed by atoms with Crippen molar-refractivity contribution in [1.29, 1.82) is 0 Å². The van der Waals surface area contributed by atoms with Crippen molar-refractivity contribution >= 4 is 31.6 Å². The van der Waals surface area contributed by atoms with E-state index >= 15 is 0 Å². The molecule has 7 nitrogen and oxygen atoms in total. The van der Waals surface area contributed by atoms with Gasteiger partial charge in [-0.15, -0.1) is 0 Å². The summed E-state index contributed by atoms with van der Waals surface area (Å²) in [6, 6.07) is 4.64. The van der Waals surface area contributed by atoms with Crippen LogP contribution in [0.5, 0.6) is 0 Å². The molecule has 1 heterocycles. The Morgan fingerprint density at radius 1 is 1.45 bits per heavy atom. The van der Waals surface area contributed by atoms with Crippen LogP contribution >= 0.6 is 15.9 Å². The molecule has 2 rings (SSSR count). The van der Waals surface area contributed by atoms with E-state index in [1.165, 1.54) is 6.07 Å². The summed E-state index contributed by atoms with van der Waals surface area (Å²) in [5.41, 5.74) is 6.00. The van der Waals surface area contributed by atoms with E-state index in [0.717, 1.165) is 0 Å². The first-order valence-corrected chi connectivity index (χ1v) is 8.05. The molecule has 0 unspecified atom stereocenters. The molecule has 0 atom stereocenters. The molecule has 0 fully saturated rings. The van der Waals surface area contributed by atoms with Crippen LogP contribution in [-0.4, -0.2) is 29.7 Å². The van der Waals surface area contributed by atoms with Gasteiger partial charge in [-0.05, 0) is 34.1 Å². The maximum Gasteiger partial charge on any atom is 0.241 e. The summed E-state index contributed by atoms with van der Waals surface area (Å²) < 4.78 is 28.8. The monoisotopic (exact) mass is 359 g/mol. The van der Waals surface area contributed by atoms with Gasteiger partial charge >= 0.3 is 0 Å². The molecular formula is C11H14BrN5O2S. The van der Waals surface area contributed by atoms with E-state index in [9.17, 15) is 8.42 Å². The maximum atomic E-state index is 12.2. The number of nitrogens with zero attached hydrogens (tertiary/aromatic N) is 3. The maximum absolute atomic E-state index is 12.2. The summed E-state index contributed by atoms with van der Waals surface area (Å²) in [6.07, 6.45) is 1.98. The van der Waals surface area contributed by atoms with E-state index in [-0.39, 0.29) is 11.4 Å². The Balaban J connectivity index is 2.06. The quantitative estimate of drug-likeness (QED) is 0.764. The number of anilines is 1. The zero-order chi connectivity index (χ0) is 14.8. The van der Waals surface area contributed by atoms with Crippen LogP contribution in [0.15, 0.2) is 33.9 Å². The lowest BCUT2D eigenvalue weighted by molar-refractivity contribution is 0.580. The van der Waals surface area contributed by atoms with Crippen LogP contribution in [0.25, 0.3) is 0 Å². The Labute approximate surface area is 125 Å². The van der Waals surface area contributed by atoms with Gasteiger partial charge in [0.2, 0.25) is 10.0 Å². The molecule has 0 radical (unpaired) electrons. The summed E-state index contributed by atoms with van der Waals surface area (Å²) in [6.45, 7) is 0.216. The van der Waals surface area contributed by atoms with Gasteiger partial charge in [0.25, 0.3) is 0 Å². The van der Waals surface area contributed by atoms with E-state index in [4.69, 9.17) is 5.73 Å². The Morgan fingerprint density at radius 3 is 2.85 bits per heavy atom. The van der Waals surface area contributed by atoms with E-state index in [1.807, 2.05) is 0 Å². The third kappa shape index (κ3) is 3.56. The predicted molar refractivity (Wildman–Crippen MR) is 78.4 cm³/mol. The number of nitrogens with one attached hydrogen (secondary N) is 1. The van der Waals surface area contributed by atoms with Gasteiger partial charge in [0, 0.05) is 30.2 Å². The second-order valence-electron chi connectivity index (χ2n) is 4.17. The SMILES string of the molecule is Cn1cnc(CCNS(=O)(=O)c2cc(N)ccc2Br)n1. The third-order valence-corrected chi connectivity index (χ3v) is 4.99. The number of aromatic nitrogens is 3. The highest BCUT2D eigenvalue weighted by Gasteiger charge is 2.17. The van der Waals surface area contributed by atoms with Crippen molar-refractivity contribution in [3.63, 3.8) is 0 Å². The zero-order valence-electron chi connectivity index (χ0n) is 10.7. The molecule has 0 saturated carbocycles. The molecule has 0 saturated heterocycles. The van der Waals surface area contributed by atoms with Crippen molar-refractivity contribution in [3.8, 4) is 0 Å². The lowest BCUT2D eigenvalue weighted by Gasteiger charge is -2.08. The number of halogens is 1. The fourth-order valence-corrected chi connectivity index (χ4v) is 3.63. The zero-order valence-corrected chi connectivity index (χ0v) is 13.1. The third-order valence-electron chi connectivity index (χ3n) is 2.53. The van der Waals surface area contributed by atoms with Crippen LogP contribution < -0.4 is 10.5 Å². The van der Waals surface area contributed by atoms with Gasteiger partial charge in [-0.25, -0.2) is 18.1 Å². The molecule has 20 heavy (non-hydrogen) atoms. The molecule has 3 N–H and O–H groups in total. The fourth-order valence-electron chi connectivity index (χ4n) is 1.60. The van der Waals surface area contributed by atoms with Gasteiger partial charge in [-0.2, -0.15) is 5.10 Å². The highest BCUT2D eigenvalue weighted by atomic mass is 79.9. The minimum atomic E-state index is -3.62. The number of hydrogen-bond acceptors (Lipinski definition) is 5. The first-order chi connectivity index (χ1) is 9.38. The first-order valence-electron chi connectivity index (χ1n) is 5.78. The standard InChI is InChI=1S/C11H14BrN5O2S/c1-17-7-14-11(16-17)4-5-15-20(18,19)10-6-8(13)2-3-9(10)12/h2-3,6-7,15H,4-5,13H2,1H3. The number of hydrogen-bond donors (Lipinski definition) is 2. The number of rotatable bonds is 5. The van der Waals surface area contributed by atoms with E-state index in [0.29, 0.717) is 22.4 Å². The molecule has 9 heteroatoms. The molecule has 0 aliphatic rings. The second-order valence-corrected chi connectivity index (χ2v) is 6.76. The molecule has 0 amide bonds. The molecule has 0 aliphatic heterocycles. The lowest BCUT2D eigenvalue weighted by atomic mass is 10.3. The summed E-state index contributed by atoms with van der Waals surface area (Å²) in [7, 11) is -1.86. The van der Waals surface area contributed by atoms with Crippen molar-refractivity contribution in [3.05, 3.63) is 34.8 Å². The molecule has 2 aromatic rings. The Bertz CT molecular complexity index is 713. The normalized spacial score (nSPS) is 11.7. The second kappa shape index (κ2) is 5.90. The number of sulfonamides is 1. The van der Waals surface area contributed by atoms with Crippen LogP contribution in [0.2, 0.25) is 0 Å². The molecule has 0 spiro atoms. The van der Waals surface area contributed by atoms with Crippen LogP contribution in [0.1, 0.15) is 5.82 Å². The number of nitrogen functional groups attached to an aromatic ring is 1. The lowest BCUT2D eigenvalue weighted by Crippen LogP contribution is -2.26. The minimum absolute atomic E-state index is 0.117. The topological polar surface area (TPSA) is 103 Å². The first kappa shape index (κ1) is 14.9. The Kier molecular flexibility index (Phi) is 4.41. The van der Waals surface area contributed by atoms with E-state index < -0.39 is 10.0 Å². The van der Waals surface area contributed by atoms with Crippen molar-refractivity contribution in [2.45, 2.75) is 11.3 Å². The van der Waals surface area contributed by atoms with Crippen molar-refractivity contribution in [2.24, 2.45) is 7.05 Å². The van der Waals surface area contributed by atoms with Gasteiger partial charge in [0.1, 0.15) is 6.33 Å². The molecular weight excluding hydrogens is 346 g/mol. The van der Waals surface area contributed by atoms with Crippen LogP contribution in [0.3, 0.4) is 0 Å². The molecule has 0 bridgehead atoms. The van der Waals surface area contributed by atoms with E-state index in [1.54, 1.807) is 30.2 Å². The van der Waals surface area contributed by atoms with Crippen molar-refractivity contribution in [2.75, 3.05) is 12.3 Å². The largest absolute Gasteiger partial charge is 0.399 e. The summed E-state index contributed by atoms with van der Waals surface area (Å²) in [5.74, 6) is 0.585. The average Bonchev–Trinajstić information content (AvgIpc) is 2.78. The highest BCUT2D eigenvalue weighted by Crippen LogP contribution is 2.23. The number of nitrogens with two attached hydrogens (primary N) is 1. The summed E-state index contributed by atoms with van der Waals surface area (Å²) in [4.78, 5) is 4.14. The minimum Gasteiger partial charge on any atom is -0.399 e. The van der Waals surface area contributed by atoms with Crippen molar-refractivity contribution < 1.29 is 8.42 Å². The number of aryl methyl sites for hydroxylation is 1. The average molecular weight is 360 g/mol. The molecule has 1 aromatic carbocycles. The van der Waals surface area contributed by atoms with Crippen LogP contribution in [0, 0.1) is 0 Å². The highest BCUT2D eigenvalue weighted by molar-refractivity contribution is 9.10. The molecule has 108 valence electrons. The summed E-state index contributed by atoms with van der Waals surface area (Å²) in [5, 5.41) is 4.08. The van der Waals surface area contributed by atoms with Gasteiger partial charge in [-0.3, -0.25) is 4.68 Å². The predicted octanol–water partition coefficient (Wildman–Crippen LogP) is 0.681. The van der Waals surface area contributed by atoms with Crippen LogP contribution in [0.4, 0.5) is 5.69 Å². The van der Waals surface area contributed by atoms with E-state index in [2.05, 4.69) is 30.7 Å². The fraction of sp³-hybridized carbons (Fsp3) is 0.273. The van der Waals surface area contributed by atoms with Gasteiger partial charge in [-0.1, -0.05) is 0 Å². The Morgan fingerprint density at radius 2 is 2.20 bits per heavy atom. The van der Waals surface area contributed by atoms with Crippen LogP contribution in [-0.2, 0) is 23.5 Å². The molecule has 1 aromatic heterocycles. The van der Waals surface area contributed by atoms with Gasteiger partial charge < -0.3 is 5.73 Å². The summed E-state index contributed by atoms with van der Waals surface area (Å²) >= 11 is 3.20. The Hall–Kier alpha value is -1.45. The van der Waals surface area contributed by atoms with Crippen molar-refractivity contribution in [1.82, 2.24) is 19.5 Å². The van der Waals surface area contributed by atoms with Gasteiger partial charge in [0.05, 0.1) is 4.90 Å². The van der Waals surface area contributed by atoms with Gasteiger partial charge in [0.15, 0.2) is 5.82 Å².